The number of carbonyl (C=O) groups excluding carboxylic acids is 1. The molecule has 29 heavy (non-hydrogen) atoms. The monoisotopic (exact) mass is 458 g/mol. The fraction of sp³-hybridized carbons (Fsp3) is 0.474. The third kappa shape index (κ3) is 5.31. The standard InChI is InChI=1S/C19H24Cl2N4O3S/c1-12(2)29(27,28)24-15-5-3-13(4-6-15)19(26)23-14-7-9-16(10-8-14)25-11-22-17(20)18(25)21/h7-13,15,24H,3-6H2,1-2H3,(H,23,26). The number of hydrogen-bond donors (Lipinski definition) is 2. The van der Waals surface area contributed by atoms with E-state index in [0.29, 0.717) is 36.5 Å². The van der Waals surface area contributed by atoms with E-state index in [9.17, 15) is 13.2 Å². The van der Waals surface area contributed by atoms with Gasteiger partial charge in [0.2, 0.25) is 15.9 Å². The summed E-state index contributed by atoms with van der Waals surface area (Å²) in [7, 11) is -3.29. The Morgan fingerprint density at radius 1 is 1.14 bits per heavy atom. The Labute approximate surface area is 180 Å². The van der Waals surface area contributed by atoms with Crippen molar-refractivity contribution in [1.82, 2.24) is 14.3 Å². The number of amides is 1. The van der Waals surface area contributed by atoms with E-state index in [4.69, 9.17) is 23.2 Å². The molecule has 0 atom stereocenters. The molecule has 0 radical (unpaired) electrons. The SMILES string of the molecule is CC(C)S(=O)(=O)NC1CCC(C(=O)Nc2ccc(-n3cnc(Cl)c3Cl)cc2)CC1. The smallest absolute Gasteiger partial charge is 0.227 e. The number of nitrogens with zero attached hydrogens (tertiary/aromatic N) is 2. The molecule has 0 aliphatic heterocycles. The molecule has 1 aromatic heterocycles. The summed E-state index contributed by atoms with van der Waals surface area (Å²) in [5.41, 5.74) is 1.47. The van der Waals surface area contributed by atoms with E-state index < -0.39 is 15.3 Å². The summed E-state index contributed by atoms with van der Waals surface area (Å²) in [6.07, 6.45) is 4.15. The molecule has 2 N–H and O–H groups in total. The molecule has 158 valence electrons. The maximum Gasteiger partial charge on any atom is 0.227 e. The van der Waals surface area contributed by atoms with Crippen LogP contribution in [0.2, 0.25) is 10.3 Å². The summed E-state index contributed by atoms with van der Waals surface area (Å²) in [6.45, 7) is 3.31. The highest BCUT2D eigenvalue weighted by atomic mass is 35.5. The van der Waals surface area contributed by atoms with Gasteiger partial charge in [0, 0.05) is 23.3 Å². The van der Waals surface area contributed by atoms with Crippen molar-refractivity contribution in [2.45, 2.75) is 50.8 Å². The van der Waals surface area contributed by atoms with Crippen LogP contribution >= 0.6 is 23.2 Å². The Hall–Kier alpha value is -1.61. The van der Waals surface area contributed by atoms with Crippen molar-refractivity contribution in [1.29, 1.82) is 0 Å². The van der Waals surface area contributed by atoms with E-state index in [1.807, 2.05) is 12.1 Å². The lowest BCUT2D eigenvalue weighted by Gasteiger charge is -2.28. The maximum absolute atomic E-state index is 12.6. The normalized spacial score (nSPS) is 20.0. The van der Waals surface area contributed by atoms with Gasteiger partial charge in [0.15, 0.2) is 10.3 Å². The Bertz CT molecular complexity index is 966. The van der Waals surface area contributed by atoms with E-state index in [1.165, 1.54) is 6.33 Å². The van der Waals surface area contributed by atoms with Crippen molar-refractivity contribution in [3.05, 3.63) is 40.9 Å². The molecule has 0 saturated heterocycles. The van der Waals surface area contributed by atoms with Crippen molar-refractivity contribution >= 4 is 44.8 Å². The number of rotatable bonds is 6. The van der Waals surface area contributed by atoms with Gasteiger partial charge in [-0.25, -0.2) is 18.1 Å². The number of benzene rings is 1. The molecular formula is C19H24Cl2N4O3S. The minimum absolute atomic E-state index is 0.0494. The van der Waals surface area contributed by atoms with E-state index >= 15 is 0 Å². The minimum Gasteiger partial charge on any atom is -0.326 e. The predicted molar refractivity (Wildman–Crippen MR) is 115 cm³/mol. The van der Waals surface area contributed by atoms with Crippen molar-refractivity contribution in [2.24, 2.45) is 5.92 Å². The Morgan fingerprint density at radius 3 is 2.28 bits per heavy atom. The minimum atomic E-state index is -3.29. The lowest BCUT2D eigenvalue weighted by molar-refractivity contribution is -0.120. The van der Waals surface area contributed by atoms with Gasteiger partial charge in [-0.3, -0.25) is 9.36 Å². The molecule has 0 spiro atoms. The van der Waals surface area contributed by atoms with Crippen LogP contribution in [-0.4, -0.2) is 35.2 Å². The van der Waals surface area contributed by atoms with Crippen LogP contribution in [0.15, 0.2) is 30.6 Å². The molecule has 1 saturated carbocycles. The highest BCUT2D eigenvalue weighted by Crippen LogP contribution is 2.27. The number of halogens is 2. The largest absolute Gasteiger partial charge is 0.326 e. The topological polar surface area (TPSA) is 93.1 Å². The Kier molecular flexibility index (Phi) is 6.88. The zero-order valence-corrected chi connectivity index (χ0v) is 18.6. The fourth-order valence-corrected chi connectivity index (χ4v) is 4.58. The first-order chi connectivity index (χ1) is 13.7. The zero-order chi connectivity index (χ0) is 21.2. The second-order valence-corrected chi connectivity index (χ2v) is 10.5. The first kappa shape index (κ1) is 22.1. The van der Waals surface area contributed by atoms with Crippen LogP contribution in [-0.2, 0) is 14.8 Å². The van der Waals surface area contributed by atoms with Gasteiger partial charge in [0.05, 0.1) is 5.25 Å². The quantitative estimate of drug-likeness (QED) is 0.683. The molecule has 7 nitrogen and oxygen atoms in total. The molecule has 2 aromatic rings. The Morgan fingerprint density at radius 2 is 1.76 bits per heavy atom. The van der Waals surface area contributed by atoms with Gasteiger partial charge in [0.25, 0.3) is 0 Å². The van der Waals surface area contributed by atoms with Crippen LogP contribution in [0.3, 0.4) is 0 Å². The van der Waals surface area contributed by atoms with Crippen LogP contribution in [0.25, 0.3) is 5.69 Å². The molecule has 0 bridgehead atoms. The number of hydrogen-bond acceptors (Lipinski definition) is 4. The summed E-state index contributed by atoms with van der Waals surface area (Å²) < 4.78 is 28.4. The highest BCUT2D eigenvalue weighted by Gasteiger charge is 2.29. The van der Waals surface area contributed by atoms with Gasteiger partial charge >= 0.3 is 0 Å². The zero-order valence-electron chi connectivity index (χ0n) is 16.2. The molecule has 3 rings (SSSR count). The molecular weight excluding hydrogens is 435 g/mol. The summed E-state index contributed by atoms with van der Waals surface area (Å²) in [4.78, 5) is 16.5. The Balaban J connectivity index is 1.54. The van der Waals surface area contributed by atoms with Crippen LogP contribution in [0.4, 0.5) is 5.69 Å². The van der Waals surface area contributed by atoms with E-state index in [-0.39, 0.29) is 23.0 Å². The summed E-state index contributed by atoms with van der Waals surface area (Å²) in [6, 6.07) is 7.12. The van der Waals surface area contributed by atoms with E-state index in [0.717, 1.165) is 5.69 Å². The molecule has 0 unspecified atom stereocenters. The first-order valence-corrected chi connectivity index (χ1v) is 11.8. The van der Waals surface area contributed by atoms with Crippen molar-refractivity contribution in [3.63, 3.8) is 0 Å². The van der Waals surface area contributed by atoms with Crippen LogP contribution < -0.4 is 10.0 Å². The number of aromatic nitrogens is 2. The van der Waals surface area contributed by atoms with Gasteiger partial charge in [-0.15, -0.1) is 0 Å². The molecule has 1 fully saturated rings. The average molecular weight is 459 g/mol. The highest BCUT2D eigenvalue weighted by molar-refractivity contribution is 7.90. The second kappa shape index (κ2) is 9.04. The van der Waals surface area contributed by atoms with Crippen molar-refractivity contribution in [2.75, 3.05) is 5.32 Å². The summed E-state index contributed by atoms with van der Waals surface area (Å²) >= 11 is 12.0. The van der Waals surface area contributed by atoms with E-state index in [2.05, 4.69) is 15.0 Å². The van der Waals surface area contributed by atoms with Crippen LogP contribution in [0.5, 0.6) is 0 Å². The first-order valence-electron chi connectivity index (χ1n) is 9.48. The fourth-order valence-electron chi connectivity index (χ4n) is 3.28. The van der Waals surface area contributed by atoms with E-state index in [1.54, 1.807) is 30.5 Å². The molecule has 1 aliphatic carbocycles. The summed E-state index contributed by atoms with van der Waals surface area (Å²) in [5.74, 6) is -0.178. The van der Waals surface area contributed by atoms with Gasteiger partial charge in [-0.1, -0.05) is 23.2 Å². The van der Waals surface area contributed by atoms with Crippen molar-refractivity contribution in [3.8, 4) is 5.69 Å². The third-order valence-corrected chi connectivity index (χ3v) is 7.77. The van der Waals surface area contributed by atoms with Crippen LogP contribution in [0.1, 0.15) is 39.5 Å². The van der Waals surface area contributed by atoms with Gasteiger partial charge in [-0.05, 0) is 63.8 Å². The third-order valence-electron chi connectivity index (χ3n) is 5.13. The van der Waals surface area contributed by atoms with Gasteiger partial charge < -0.3 is 5.32 Å². The number of imidazole rings is 1. The second-order valence-electron chi connectivity index (χ2n) is 7.49. The average Bonchev–Trinajstić information content (AvgIpc) is 3.01. The van der Waals surface area contributed by atoms with Crippen LogP contribution in [0, 0.1) is 5.92 Å². The summed E-state index contributed by atoms with van der Waals surface area (Å²) in [5, 5.41) is 3.03. The van der Waals surface area contributed by atoms with Gasteiger partial charge in [0.1, 0.15) is 6.33 Å². The predicted octanol–water partition coefficient (Wildman–Crippen LogP) is 4.00. The van der Waals surface area contributed by atoms with Crippen molar-refractivity contribution < 1.29 is 13.2 Å². The lowest BCUT2D eigenvalue weighted by Crippen LogP contribution is -2.42. The number of nitrogens with one attached hydrogen (secondary N) is 2. The molecule has 1 aromatic carbocycles. The number of carbonyl (C=O) groups is 1. The molecule has 1 heterocycles. The molecule has 1 aliphatic rings. The van der Waals surface area contributed by atoms with Gasteiger partial charge in [-0.2, -0.15) is 0 Å². The number of sulfonamides is 1. The number of anilines is 1. The molecule has 1 amide bonds. The lowest BCUT2D eigenvalue weighted by atomic mass is 9.86. The molecule has 10 heteroatoms. The maximum atomic E-state index is 12.6.